The van der Waals surface area contributed by atoms with Crippen molar-refractivity contribution in [3.8, 4) is 0 Å². The van der Waals surface area contributed by atoms with E-state index in [1.807, 2.05) is 20.8 Å². The van der Waals surface area contributed by atoms with E-state index in [9.17, 15) is 9.59 Å². The normalized spacial score (nSPS) is 19.8. The van der Waals surface area contributed by atoms with Crippen LogP contribution < -0.4 is 0 Å². The van der Waals surface area contributed by atoms with Gasteiger partial charge in [-0.25, -0.2) is 4.79 Å². The molecule has 1 saturated carbocycles. The molecule has 0 bridgehead atoms. The van der Waals surface area contributed by atoms with Crippen LogP contribution in [0.15, 0.2) is 0 Å². The summed E-state index contributed by atoms with van der Waals surface area (Å²) in [6, 6.07) is 0.466. The van der Waals surface area contributed by atoms with Gasteiger partial charge in [-0.1, -0.05) is 13.8 Å². The molecule has 1 heterocycles. The Balaban J connectivity index is 1.85. The zero-order valence-corrected chi connectivity index (χ0v) is 15.3. The van der Waals surface area contributed by atoms with Gasteiger partial charge in [0.2, 0.25) is 5.91 Å². The molecule has 0 unspecified atom stereocenters. The summed E-state index contributed by atoms with van der Waals surface area (Å²) in [4.78, 5) is 28.7. The molecular formula is C18H32N2O3. The van der Waals surface area contributed by atoms with E-state index >= 15 is 0 Å². The molecule has 2 amide bonds. The van der Waals surface area contributed by atoms with Crippen LogP contribution in [0.1, 0.15) is 60.3 Å². The molecule has 132 valence electrons. The Bertz CT molecular complexity index is 430. The Labute approximate surface area is 140 Å². The van der Waals surface area contributed by atoms with Crippen molar-refractivity contribution in [2.45, 2.75) is 71.9 Å². The van der Waals surface area contributed by atoms with Crippen LogP contribution in [0.25, 0.3) is 0 Å². The third kappa shape index (κ3) is 5.40. The third-order valence-corrected chi connectivity index (χ3v) is 4.33. The van der Waals surface area contributed by atoms with Gasteiger partial charge in [0.25, 0.3) is 0 Å². The molecule has 0 atom stereocenters. The minimum atomic E-state index is -0.468. The summed E-state index contributed by atoms with van der Waals surface area (Å²) in [5.74, 6) is 0.861. The van der Waals surface area contributed by atoms with E-state index in [0.717, 1.165) is 32.2 Å². The molecule has 2 fully saturated rings. The second kappa shape index (κ2) is 7.10. The topological polar surface area (TPSA) is 49.9 Å². The number of piperidine rings is 1. The first kappa shape index (κ1) is 18.1. The Kier molecular flexibility index (Phi) is 5.58. The van der Waals surface area contributed by atoms with Crippen molar-refractivity contribution in [3.05, 3.63) is 0 Å². The molecule has 2 aliphatic rings. The van der Waals surface area contributed by atoms with E-state index in [-0.39, 0.29) is 12.0 Å². The molecule has 0 aromatic heterocycles. The van der Waals surface area contributed by atoms with E-state index in [0.29, 0.717) is 31.0 Å². The zero-order chi connectivity index (χ0) is 17.2. The highest BCUT2D eigenvalue weighted by Crippen LogP contribution is 2.31. The highest BCUT2D eigenvalue weighted by Gasteiger charge is 2.38. The number of rotatable bonds is 4. The standard InChI is InChI=1S/C18H32N2O3/c1-13(2)12-20(15-6-7-15)16(21)14-8-10-19(11-9-14)17(22)23-18(3,4)5/h13-15H,6-12H2,1-5H3. The van der Waals surface area contributed by atoms with Crippen LogP contribution in [0, 0.1) is 11.8 Å². The minimum Gasteiger partial charge on any atom is -0.444 e. The highest BCUT2D eigenvalue weighted by molar-refractivity contribution is 5.80. The van der Waals surface area contributed by atoms with Crippen LogP contribution in [-0.4, -0.2) is 53.1 Å². The summed E-state index contributed by atoms with van der Waals surface area (Å²) in [5, 5.41) is 0. The van der Waals surface area contributed by atoms with Crippen molar-refractivity contribution in [3.63, 3.8) is 0 Å². The van der Waals surface area contributed by atoms with Crippen LogP contribution in [-0.2, 0) is 9.53 Å². The summed E-state index contributed by atoms with van der Waals surface area (Å²) in [6.07, 6.45) is 3.54. The van der Waals surface area contributed by atoms with E-state index in [1.54, 1.807) is 4.90 Å². The second-order valence-corrected chi connectivity index (χ2v) is 8.36. The first-order chi connectivity index (χ1) is 10.7. The lowest BCUT2D eigenvalue weighted by molar-refractivity contribution is -0.138. The van der Waals surface area contributed by atoms with Gasteiger partial charge in [-0.3, -0.25) is 4.79 Å². The Morgan fingerprint density at radius 3 is 2.13 bits per heavy atom. The van der Waals surface area contributed by atoms with Crippen molar-refractivity contribution >= 4 is 12.0 Å². The fourth-order valence-electron chi connectivity index (χ4n) is 3.07. The maximum atomic E-state index is 12.8. The molecule has 5 heteroatoms. The summed E-state index contributed by atoms with van der Waals surface area (Å²) >= 11 is 0. The molecule has 23 heavy (non-hydrogen) atoms. The summed E-state index contributed by atoms with van der Waals surface area (Å²) < 4.78 is 5.41. The molecule has 5 nitrogen and oxygen atoms in total. The Hall–Kier alpha value is -1.26. The number of amides is 2. The van der Waals surface area contributed by atoms with E-state index in [1.165, 1.54) is 0 Å². The first-order valence-corrected chi connectivity index (χ1v) is 8.96. The van der Waals surface area contributed by atoms with Crippen LogP contribution in [0.3, 0.4) is 0 Å². The van der Waals surface area contributed by atoms with Gasteiger partial charge in [-0.2, -0.15) is 0 Å². The van der Waals surface area contributed by atoms with Gasteiger partial charge in [0.05, 0.1) is 0 Å². The second-order valence-electron chi connectivity index (χ2n) is 8.36. The molecule has 0 N–H and O–H groups in total. The molecular weight excluding hydrogens is 292 g/mol. The Morgan fingerprint density at radius 2 is 1.70 bits per heavy atom. The maximum absolute atomic E-state index is 12.8. The lowest BCUT2D eigenvalue weighted by atomic mass is 9.95. The first-order valence-electron chi connectivity index (χ1n) is 8.96. The summed E-state index contributed by atoms with van der Waals surface area (Å²) in [7, 11) is 0. The predicted molar refractivity (Wildman–Crippen MR) is 90.1 cm³/mol. The molecule has 0 spiro atoms. The maximum Gasteiger partial charge on any atom is 0.410 e. The molecule has 0 radical (unpaired) electrons. The van der Waals surface area contributed by atoms with E-state index in [2.05, 4.69) is 18.7 Å². The molecule has 2 rings (SSSR count). The minimum absolute atomic E-state index is 0.0630. The van der Waals surface area contributed by atoms with Crippen molar-refractivity contribution < 1.29 is 14.3 Å². The number of ether oxygens (including phenoxy) is 1. The highest BCUT2D eigenvalue weighted by atomic mass is 16.6. The number of nitrogens with zero attached hydrogens (tertiary/aromatic N) is 2. The fraction of sp³-hybridized carbons (Fsp3) is 0.889. The summed E-state index contributed by atoms with van der Waals surface area (Å²) in [6.45, 7) is 12.0. The number of carbonyl (C=O) groups excluding carboxylic acids is 2. The van der Waals surface area contributed by atoms with Gasteiger partial charge >= 0.3 is 6.09 Å². The average Bonchev–Trinajstić information content (AvgIpc) is 3.26. The van der Waals surface area contributed by atoms with Crippen molar-refractivity contribution in [2.75, 3.05) is 19.6 Å². The number of carbonyl (C=O) groups is 2. The van der Waals surface area contributed by atoms with Gasteiger partial charge in [0, 0.05) is 31.6 Å². The molecule has 1 saturated heterocycles. The van der Waals surface area contributed by atoms with Crippen LogP contribution in [0.2, 0.25) is 0 Å². The monoisotopic (exact) mass is 324 g/mol. The van der Waals surface area contributed by atoms with Crippen molar-refractivity contribution in [1.82, 2.24) is 9.80 Å². The molecule has 1 aliphatic carbocycles. The van der Waals surface area contributed by atoms with Gasteiger partial charge < -0.3 is 14.5 Å². The van der Waals surface area contributed by atoms with Crippen LogP contribution in [0.4, 0.5) is 4.79 Å². The molecule has 1 aliphatic heterocycles. The van der Waals surface area contributed by atoms with Crippen molar-refractivity contribution in [2.24, 2.45) is 11.8 Å². The number of hydrogen-bond acceptors (Lipinski definition) is 3. The van der Waals surface area contributed by atoms with Gasteiger partial charge in [0.15, 0.2) is 0 Å². The van der Waals surface area contributed by atoms with E-state index in [4.69, 9.17) is 4.74 Å². The SMILES string of the molecule is CC(C)CN(C(=O)C1CCN(C(=O)OC(C)(C)C)CC1)C1CC1. The van der Waals surface area contributed by atoms with Crippen LogP contribution >= 0.6 is 0 Å². The number of likely N-dealkylation sites (tertiary alicyclic amines) is 1. The molecule has 0 aromatic rings. The van der Waals surface area contributed by atoms with Gasteiger partial charge in [-0.05, 0) is 52.4 Å². The lowest BCUT2D eigenvalue weighted by Crippen LogP contribution is -2.47. The third-order valence-electron chi connectivity index (χ3n) is 4.33. The van der Waals surface area contributed by atoms with Gasteiger partial charge in [0.1, 0.15) is 5.60 Å². The smallest absolute Gasteiger partial charge is 0.410 e. The molecule has 0 aromatic carbocycles. The Morgan fingerprint density at radius 1 is 1.13 bits per heavy atom. The average molecular weight is 324 g/mol. The van der Waals surface area contributed by atoms with E-state index < -0.39 is 5.60 Å². The van der Waals surface area contributed by atoms with Gasteiger partial charge in [-0.15, -0.1) is 0 Å². The lowest BCUT2D eigenvalue weighted by Gasteiger charge is -2.35. The predicted octanol–water partition coefficient (Wildman–Crippen LogP) is 3.28. The largest absolute Gasteiger partial charge is 0.444 e. The van der Waals surface area contributed by atoms with Crippen LogP contribution in [0.5, 0.6) is 0 Å². The zero-order valence-electron chi connectivity index (χ0n) is 15.3. The fourth-order valence-corrected chi connectivity index (χ4v) is 3.07. The summed E-state index contributed by atoms with van der Waals surface area (Å²) in [5.41, 5.74) is -0.468. The quantitative estimate of drug-likeness (QED) is 0.797. The van der Waals surface area contributed by atoms with Crippen molar-refractivity contribution in [1.29, 1.82) is 0 Å². The number of hydrogen-bond donors (Lipinski definition) is 0.